The summed E-state index contributed by atoms with van der Waals surface area (Å²) in [6.07, 6.45) is 8.06. The molecule has 2 aromatic heterocycles. The Kier molecular flexibility index (Phi) is 4.93. The van der Waals surface area contributed by atoms with E-state index >= 15 is 0 Å². The summed E-state index contributed by atoms with van der Waals surface area (Å²) < 4.78 is 1.92. The molecule has 1 unspecified atom stereocenters. The lowest BCUT2D eigenvalue weighted by atomic mass is 10.0. The molecule has 2 heterocycles. The van der Waals surface area contributed by atoms with Crippen molar-refractivity contribution in [3.8, 4) is 0 Å². The first-order chi connectivity index (χ1) is 9.22. The van der Waals surface area contributed by atoms with Gasteiger partial charge in [0.1, 0.15) is 0 Å². The van der Waals surface area contributed by atoms with Crippen LogP contribution in [0.4, 0.5) is 0 Å². The maximum atomic E-state index is 6.26. The summed E-state index contributed by atoms with van der Waals surface area (Å²) >= 11 is 6.18. The third-order valence-electron chi connectivity index (χ3n) is 3.11. The first kappa shape index (κ1) is 14.0. The molecule has 102 valence electrons. The standard InChI is InChI=1S/C14H19ClN4/c1-2-9-19-14(12(15)10-18-19)13(16)4-3-11-5-7-17-8-6-11/h5-8,10,13H,2-4,9,16H2,1H3. The van der Waals surface area contributed by atoms with Gasteiger partial charge in [0.15, 0.2) is 0 Å². The molecule has 0 saturated carbocycles. The van der Waals surface area contributed by atoms with Crippen molar-refractivity contribution in [2.75, 3.05) is 0 Å². The molecule has 0 aliphatic heterocycles. The van der Waals surface area contributed by atoms with Gasteiger partial charge in [-0.15, -0.1) is 0 Å². The summed E-state index contributed by atoms with van der Waals surface area (Å²) in [7, 11) is 0. The van der Waals surface area contributed by atoms with Gasteiger partial charge < -0.3 is 5.73 Å². The van der Waals surface area contributed by atoms with Crippen LogP contribution in [-0.2, 0) is 13.0 Å². The van der Waals surface area contributed by atoms with E-state index in [-0.39, 0.29) is 6.04 Å². The van der Waals surface area contributed by atoms with E-state index in [1.165, 1.54) is 5.56 Å². The smallest absolute Gasteiger partial charge is 0.0834 e. The molecule has 0 aliphatic carbocycles. The third kappa shape index (κ3) is 3.55. The highest BCUT2D eigenvalue weighted by Gasteiger charge is 2.16. The second-order valence-electron chi connectivity index (χ2n) is 4.60. The molecule has 4 nitrogen and oxygen atoms in total. The summed E-state index contributed by atoms with van der Waals surface area (Å²) in [5.74, 6) is 0. The molecule has 5 heteroatoms. The highest BCUT2D eigenvalue weighted by molar-refractivity contribution is 6.31. The van der Waals surface area contributed by atoms with Crippen molar-refractivity contribution in [3.63, 3.8) is 0 Å². The number of hydrogen-bond donors (Lipinski definition) is 1. The molecular weight excluding hydrogens is 260 g/mol. The first-order valence-corrected chi connectivity index (χ1v) is 6.95. The number of aryl methyl sites for hydroxylation is 2. The van der Waals surface area contributed by atoms with E-state index in [0.29, 0.717) is 5.02 Å². The molecule has 0 saturated heterocycles. The Labute approximate surface area is 118 Å². The molecule has 0 aromatic carbocycles. The van der Waals surface area contributed by atoms with Crippen LogP contribution < -0.4 is 5.73 Å². The summed E-state index contributed by atoms with van der Waals surface area (Å²) in [5, 5.41) is 4.94. The van der Waals surface area contributed by atoms with Crippen molar-refractivity contribution in [2.24, 2.45) is 5.73 Å². The summed E-state index contributed by atoms with van der Waals surface area (Å²) in [6, 6.07) is 3.93. The van der Waals surface area contributed by atoms with Crippen molar-refractivity contribution in [2.45, 2.75) is 38.8 Å². The van der Waals surface area contributed by atoms with E-state index in [9.17, 15) is 0 Å². The normalized spacial score (nSPS) is 12.6. The Balaban J connectivity index is 2.03. The molecule has 2 rings (SSSR count). The number of rotatable bonds is 6. The van der Waals surface area contributed by atoms with Crippen LogP contribution in [0.3, 0.4) is 0 Å². The zero-order valence-corrected chi connectivity index (χ0v) is 11.8. The van der Waals surface area contributed by atoms with Crippen LogP contribution in [0.15, 0.2) is 30.7 Å². The fourth-order valence-electron chi connectivity index (χ4n) is 2.14. The second kappa shape index (κ2) is 6.68. The summed E-state index contributed by atoms with van der Waals surface area (Å²) in [6.45, 7) is 2.97. The fraction of sp³-hybridized carbons (Fsp3) is 0.429. The molecule has 1 atom stereocenters. The number of aromatic nitrogens is 3. The lowest BCUT2D eigenvalue weighted by Crippen LogP contribution is -2.17. The van der Waals surface area contributed by atoms with Crippen LogP contribution in [0.5, 0.6) is 0 Å². The van der Waals surface area contributed by atoms with Crippen LogP contribution >= 0.6 is 11.6 Å². The van der Waals surface area contributed by atoms with E-state index < -0.39 is 0 Å². The maximum Gasteiger partial charge on any atom is 0.0834 e. The van der Waals surface area contributed by atoms with Gasteiger partial charge in [0, 0.05) is 25.0 Å². The van der Waals surface area contributed by atoms with Crippen LogP contribution in [0.25, 0.3) is 0 Å². The lowest BCUT2D eigenvalue weighted by molar-refractivity contribution is 0.523. The van der Waals surface area contributed by atoms with Gasteiger partial charge >= 0.3 is 0 Å². The van der Waals surface area contributed by atoms with E-state index in [0.717, 1.165) is 31.5 Å². The molecule has 2 N–H and O–H groups in total. The minimum Gasteiger partial charge on any atom is -0.323 e. The molecule has 0 spiro atoms. The molecule has 19 heavy (non-hydrogen) atoms. The van der Waals surface area contributed by atoms with Crippen molar-refractivity contribution in [3.05, 3.63) is 47.0 Å². The number of halogens is 1. The fourth-order valence-corrected chi connectivity index (χ4v) is 2.42. The van der Waals surface area contributed by atoms with Crippen LogP contribution in [-0.4, -0.2) is 14.8 Å². The van der Waals surface area contributed by atoms with E-state index in [1.807, 2.05) is 16.8 Å². The average Bonchev–Trinajstić information content (AvgIpc) is 2.79. The minimum absolute atomic E-state index is 0.0882. The van der Waals surface area contributed by atoms with E-state index in [4.69, 9.17) is 17.3 Å². The molecular formula is C14H19ClN4. The van der Waals surface area contributed by atoms with Crippen LogP contribution in [0.2, 0.25) is 5.02 Å². The topological polar surface area (TPSA) is 56.7 Å². The van der Waals surface area contributed by atoms with Gasteiger partial charge in [-0.1, -0.05) is 18.5 Å². The Morgan fingerprint density at radius 2 is 2.11 bits per heavy atom. The molecule has 0 radical (unpaired) electrons. The van der Waals surface area contributed by atoms with Gasteiger partial charge in [0.05, 0.1) is 16.9 Å². The number of pyridine rings is 1. The van der Waals surface area contributed by atoms with E-state index in [2.05, 4.69) is 17.0 Å². The Morgan fingerprint density at radius 3 is 2.79 bits per heavy atom. The highest BCUT2D eigenvalue weighted by atomic mass is 35.5. The van der Waals surface area contributed by atoms with Gasteiger partial charge in [0.25, 0.3) is 0 Å². The number of nitrogens with two attached hydrogens (primary N) is 1. The quantitative estimate of drug-likeness (QED) is 0.884. The zero-order valence-electron chi connectivity index (χ0n) is 11.1. The lowest BCUT2D eigenvalue weighted by Gasteiger charge is -2.14. The van der Waals surface area contributed by atoms with E-state index in [1.54, 1.807) is 18.6 Å². The van der Waals surface area contributed by atoms with Crippen LogP contribution in [0.1, 0.15) is 37.1 Å². The molecule has 0 aliphatic rings. The zero-order chi connectivity index (χ0) is 13.7. The van der Waals surface area contributed by atoms with Crippen molar-refractivity contribution < 1.29 is 0 Å². The molecule has 0 amide bonds. The van der Waals surface area contributed by atoms with Gasteiger partial charge in [-0.05, 0) is 37.0 Å². The second-order valence-corrected chi connectivity index (χ2v) is 5.01. The van der Waals surface area contributed by atoms with Gasteiger partial charge in [0.2, 0.25) is 0 Å². The summed E-state index contributed by atoms with van der Waals surface area (Å²) in [5.41, 5.74) is 8.44. The third-order valence-corrected chi connectivity index (χ3v) is 3.40. The van der Waals surface area contributed by atoms with Gasteiger partial charge in [-0.3, -0.25) is 9.67 Å². The summed E-state index contributed by atoms with van der Waals surface area (Å²) in [4.78, 5) is 4.01. The monoisotopic (exact) mass is 278 g/mol. The van der Waals surface area contributed by atoms with Gasteiger partial charge in [-0.25, -0.2) is 0 Å². The number of hydrogen-bond acceptors (Lipinski definition) is 3. The SMILES string of the molecule is CCCn1ncc(Cl)c1C(N)CCc1ccncc1. The minimum atomic E-state index is -0.0882. The highest BCUT2D eigenvalue weighted by Crippen LogP contribution is 2.24. The predicted molar refractivity (Wildman–Crippen MR) is 77.0 cm³/mol. The largest absolute Gasteiger partial charge is 0.323 e. The van der Waals surface area contributed by atoms with Gasteiger partial charge in [-0.2, -0.15) is 5.10 Å². The predicted octanol–water partition coefficient (Wildman–Crippen LogP) is 2.97. The maximum absolute atomic E-state index is 6.26. The first-order valence-electron chi connectivity index (χ1n) is 6.58. The molecule has 0 bridgehead atoms. The molecule has 0 fully saturated rings. The average molecular weight is 279 g/mol. The van der Waals surface area contributed by atoms with Crippen LogP contribution in [0, 0.1) is 0 Å². The van der Waals surface area contributed by atoms with Crippen molar-refractivity contribution in [1.82, 2.24) is 14.8 Å². The Morgan fingerprint density at radius 1 is 1.37 bits per heavy atom. The molecule has 2 aromatic rings. The van der Waals surface area contributed by atoms with Crippen molar-refractivity contribution >= 4 is 11.6 Å². The van der Waals surface area contributed by atoms with Crippen molar-refractivity contribution in [1.29, 1.82) is 0 Å². The Bertz CT molecular complexity index is 509. The number of nitrogens with zero attached hydrogens (tertiary/aromatic N) is 3. The Hall–Kier alpha value is -1.39.